The minimum Gasteiger partial charge on any atom is -0.368 e. The van der Waals surface area contributed by atoms with Crippen molar-refractivity contribution in [2.75, 3.05) is 37.6 Å². The van der Waals surface area contributed by atoms with Gasteiger partial charge in [0.05, 0.1) is 10.7 Å². The Bertz CT molecular complexity index is 453. The minimum absolute atomic E-state index is 0.0245. The van der Waals surface area contributed by atoms with Gasteiger partial charge in [-0.25, -0.2) is 0 Å². The Balaban J connectivity index is 2.11. The molecule has 1 aromatic rings. The van der Waals surface area contributed by atoms with Crippen molar-refractivity contribution < 1.29 is 4.79 Å². The molecule has 0 amide bonds. The van der Waals surface area contributed by atoms with Gasteiger partial charge in [0.15, 0.2) is 5.78 Å². The Morgan fingerprint density at radius 3 is 2.53 bits per heavy atom. The lowest BCUT2D eigenvalue weighted by Crippen LogP contribution is -2.46. The summed E-state index contributed by atoms with van der Waals surface area (Å²) in [6.45, 7) is 9.00. The molecule has 0 saturated carbocycles. The first-order valence-electron chi connectivity index (χ1n) is 6.90. The van der Waals surface area contributed by atoms with Crippen LogP contribution in [0.4, 0.5) is 5.69 Å². The molecule has 2 rings (SSSR count). The van der Waals surface area contributed by atoms with Crippen molar-refractivity contribution >= 4 is 23.1 Å². The second kappa shape index (κ2) is 6.40. The third-order valence-electron chi connectivity index (χ3n) is 3.61. The van der Waals surface area contributed by atoms with E-state index in [9.17, 15) is 4.79 Å². The molecule has 0 aromatic heterocycles. The first kappa shape index (κ1) is 14.4. The largest absolute Gasteiger partial charge is 0.368 e. The van der Waals surface area contributed by atoms with Crippen molar-refractivity contribution in [2.24, 2.45) is 0 Å². The fraction of sp³-hybridized carbons (Fsp3) is 0.533. The molecule has 1 aliphatic heterocycles. The molecule has 1 heterocycles. The molecule has 1 saturated heterocycles. The molecule has 1 aliphatic rings. The predicted molar refractivity (Wildman–Crippen MR) is 80.4 cm³/mol. The van der Waals surface area contributed by atoms with Gasteiger partial charge in [-0.3, -0.25) is 9.69 Å². The van der Waals surface area contributed by atoms with Crippen LogP contribution < -0.4 is 4.90 Å². The summed E-state index contributed by atoms with van der Waals surface area (Å²) in [5.74, 6) is 0.0245. The summed E-state index contributed by atoms with van der Waals surface area (Å²) in [5.41, 5.74) is 1.61. The molecule has 4 heteroatoms. The Morgan fingerprint density at radius 1 is 1.26 bits per heavy atom. The number of carbonyl (C=O) groups excluding carboxylic acids is 1. The molecule has 1 aromatic carbocycles. The van der Waals surface area contributed by atoms with Crippen LogP contribution in [0.2, 0.25) is 5.02 Å². The van der Waals surface area contributed by atoms with Crippen molar-refractivity contribution in [3.63, 3.8) is 0 Å². The number of rotatable bonds is 4. The number of hydrogen-bond acceptors (Lipinski definition) is 3. The van der Waals surface area contributed by atoms with Crippen molar-refractivity contribution in [3.8, 4) is 0 Å². The molecule has 0 aliphatic carbocycles. The lowest BCUT2D eigenvalue weighted by Gasteiger charge is -2.36. The van der Waals surface area contributed by atoms with Gasteiger partial charge in [-0.15, -0.1) is 0 Å². The van der Waals surface area contributed by atoms with Crippen molar-refractivity contribution in [2.45, 2.75) is 20.3 Å². The first-order valence-corrected chi connectivity index (χ1v) is 7.28. The molecule has 0 radical (unpaired) electrons. The standard InChI is InChI=1S/C15H21ClN2O/c1-3-7-17-8-10-18(11-9-17)14-6-4-5-13(12(2)19)15(14)16/h4-6H,3,7-11H2,1-2H3. The van der Waals surface area contributed by atoms with Crippen molar-refractivity contribution in [3.05, 3.63) is 28.8 Å². The molecule has 3 nitrogen and oxygen atoms in total. The lowest BCUT2D eigenvalue weighted by atomic mass is 10.1. The number of benzene rings is 1. The van der Waals surface area contributed by atoms with Crippen LogP contribution in [0.25, 0.3) is 0 Å². The van der Waals surface area contributed by atoms with Gasteiger partial charge in [-0.2, -0.15) is 0 Å². The van der Waals surface area contributed by atoms with Crippen LogP contribution in [0.3, 0.4) is 0 Å². The Labute approximate surface area is 120 Å². The zero-order valence-electron chi connectivity index (χ0n) is 11.7. The van der Waals surface area contributed by atoms with E-state index >= 15 is 0 Å². The van der Waals surface area contributed by atoms with E-state index in [4.69, 9.17) is 11.6 Å². The summed E-state index contributed by atoms with van der Waals surface area (Å²) >= 11 is 6.36. The zero-order chi connectivity index (χ0) is 13.8. The number of nitrogens with zero attached hydrogens (tertiary/aromatic N) is 2. The van der Waals surface area contributed by atoms with E-state index in [1.807, 2.05) is 12.1 Å². The Hall–Kier alpha value is -1.06. The molecule has 0 N–H and O–H groups in total. The zero-order valence-corrected chi connectivity index (χ0v) is 12.4. The molecular weight excluding hydrogens is 260 g/mol. The quantitative estimate of drug-likeness (QED) is 0.792. The highest BCUT2D eigenvalue weighted by atomic mass is 35.5. The second-order valence-electron chi connectivity index (χ2n) is 5.02. The summed E-state index contributed by atoms with van der Waals surface area (Å²) in [5, 5.41) is 0.596. The normalized spacial score (nSPS) is 16.7. The van der Waals surface area contributed by atoms with Crippen molar-refractivity contribution in [1.82, 2.24) is 4.90 Å². The molecule has 0 atom stereocenters. The number of halogens is 1. The van der Waals surface area contributed by atoms with Crippen LogP contribution in [0, 0.1) is 0 Å². The maximum Gasteiger partial charge on any atom is 0.161 e. The van der Waals surface area contributed by atoms with Gasteiger partial charge in [-0.1, -0.05) is 24.6 Å². The predicted octanol–water partition coefficient (Wildman–Crippen LogP) is 3.07. The minimum atomic E-state index is 0.0245. The van der Waals surface area contributed by atoms with Gasteiger partial charge >= 0.3 is 0 Å². The third kappa shape index (κ3) is 3.28. The topological polar surface area (TPSA) is 23.6 Å². The van der Waals surface area contributed by atoms with E-state index in [-0.39, 0.29) is 5.78 Å². The molecule has 104 valence electrons. The van der Waals surface area contributed by atoms with Crippen LogP contribution in [-0.2, 0) is 0 Å². The fourth-order valence-corrected chi connectivity index (χ4v) is 2.94. The van der Waals surface area contributed by atoms with Gasteiger partial charge < -0.3 is 4.90 Å². The maximum absolute atomic E-state index is 11.5. The molecule has 19 heavy (non-hydrogen) atoms. The van der Waals surface area contributed by atoms with Gasteiger partial charge in [0, 0.05) is 31.7 Å². The van der Waals surface area contributed by atoms with Gasteiger partial charge in [-0.05, 0) is 32.0 Å². The second-order valence-corrected chi connectivity index (χ2v) is 5.40. The fourth-order valence-electron chi connectivity index (χ4n) is 2.56. The number of Topliss-reactive ketones (excluding diaryl/α,β-unsaturated/α-hetero) is 1. The van der Waals surface area contributed by atoms with E-state index in [1.54, 1.807) is 13.0 Å². The average molecular weight is 281 g/mol. The maximum atomic E-state index is 11.5. The summed E-state index contributed by atoms with van der Waals surface area (Å²) in [7, 11) is 0. The lowest BCUT2D eigenvalue weighted by molar-refractivity contribution is 0.101. The van der Waals surface area contributed by atoms with Crippen LogP contribution in [0.1, 0.15) is 30.6 Å². The number of carbonyl (C=O) groups is 1. The SMILES string of the molecule is CCCN1CCN(c2cccc(C(C)=O)c2Cl)CC1. The number of hydrogen-bond donors (Lipinski definition) is 0. The first-order chi connectivity index (χ1) is 9.13. The van der Waals surface area contributed by atoms with Crippen LogP contribution in [0.5, 0.6) is 0 Å². The Morgan fingerprint density at radius 2 is 1.95 bits per heavy atom. The highest BCUT2D eigenvalue weighted by Crippen LogP contribution is 2.30. The highest BCUT2D eigenvalue weighted by Gasteiger charge is 2.20. The van der Waals surface area contributed by atoms with E-state index in [0.29, 0.717) is 10.6 Å². The summed E-state index contributed by atoms with van der Waals surface area (Å²) in [6.07, 6.45) is 1.20. The van der Waals surface area contributed by atoms with E-state index in [0.717, 1.165) is 38.4 Å². The molecule has 0 bridgehead atoms. The van der Waals surface area contributed by atoms with Crippen molar-refractivity contribution in [1.29, 1.82) is 0 Å². The number of piperazine rings is 1. The monoisotopic (exact) mass is 280 g/mol. The molecule has 0 spiro atoms. The Kier molecular flexibility index (Phi) is 4.83. The summed E-state index contributed by atoms with van der Waals surface area (Å²) in [4.78, 5) is 16.3. The van der Waals surface area contributed by atoms with Gasteiger partial charge in [0.25, 0.3) is 0 Å². The molecule has 0 unspecified atom stereocenters. The van der Waals surface area contributed by atoms with Crippen LogP contribution in [-0.4, -0.2) is 43.4 Å². The van der Waals surface area contributed by atoms with Crippen LogP contribution >= 0.6 is 11.6 Å². The van der Waals surface area contributed by atoms with Gasteiger partial charge in [0.1, 0.15) is 0 Å². The van der Waals surface area contributed by atoms with E-state index < -0.39 is 0 Å². The molecular formula is C15H21ClN2O. The van der Waals surface area contributed by atoms with E-state index in [1.165, 1.54) is 6.42 Å². The number of anilines is 1. The number of ketones is 1. The highest BCUT2D eigenvalue weighted by molar-refractivity contribution is 6.36. The molecule has 1 fully saturated rings. The summed E-state index contributed by atoms with van der Waals surface area (Å²) < 4.78 is 0. The van der Waals surface area contributed by atoms with Gasteiger partial charge in [0.2, 0.25) is 0 Å². The smallest absolute Gasteiger partial charge is 0.161 e. The summed E-state index contributed by atoms with van der Waals surface area (Å²) in [6, 6.07) is 5.71. The van der Waals surface area contributed by atoms with E-state index in [2.05, 4.69) is 16.7 Å². The third-order valence-corrected chi connectivity index (χ3v) is 4.01. The average Bonchev–Trinajstić information content (AvgIpc) is 2.40. The van der Waals surface area contributed by atoms with Crippen LogP contribution in [0.15, 0.2) is 18.2 Å².